The van der Waals surface area contributed by atoms with Gasteiger partial charge in [0.1, 0.15) is 5.75 Å². The van der Waals surface area contributed by atoms with E-state index in [2.05, 4.69) is 0 Å². The van der Waals surface area contributed by atoms with Crippen molar-refractivity contribution in [3.63, 3.8) is 0 Å². The average Bonchev–Trinajstić information content (AvgIpc) is 2.37. The van der Waals surface area contributed by atoms with E-state index >= 15 is 0 Å². The number of fused-ring (bicyclic) bond motifs is 1. The molecule has 2 aromatic rings. The van der Waals surface area contributed by atoms with Crippen molar-refractivity contribution in [3.05, 3.63) is 54.3 Å². The van der Waals surface area contributed by atoms with Crippen molar-refractivity contribution >= 4 is 16.6 Å². The summed E-state index contributed by atoms with van der Waals surface area (Å²) >= 11 is 0. The molecule has 0 aliphatic heterocycles. The molecule has 2 rings (SSSR count). The number of ketones is 1. The lowest BCUT2D eigenvalue weighted by atomic mass is 10.0. The number of allylic oxidation sites excluding steroid dienone is 1. The van der Waals surface area contributed by atoms with E-state index in [0.717, 1.165) is 28.9 Å². The highest BCUT2D eigenvalue weighted by molar-refractivity contribution is 6.06. The van der Waals surface area contributed by atoms with Crippen LogP contribution in [0.5, 0.6) is 5.75 Å². The Bertz CT molecular complexity index is 585. The topological polar surface area (TPSA) is 46.5 Å². The Morgan fingerprint density at radius 3 is 2.59 bits per heavy atom. The molecule has 2 aromatic carbocycles. The molecule has 0 unspecified atom stereocenters. The molecule has 0 bridgehead atoms. The maximum Gasteiger partial charge on any atom is 0.188 e. The number of carbonyl (C=O) groups is 1. The van der Waals surface area contributed by atoms with Crippen LogP contribution >= 0.6 is 0 Å². The van der Waals surface area contributed by atoms with Gasteiger partial charge in [0.2, 0.25) is 0 Å². The summed E-state index contributed by atoms with van der Waals surface area (Å²) in [5.74, 6) is 0.567. The second-order valence-electron chi connectivity index (χ2n) is 3.61. The van der Waals surface area contributed by atoms with Crippen LogP contribution in [0, 0.1) is 0 Å². The maximum absolute atomic E-state index is 11.5. The first-order valence-corrected chi connectivity index (χ1v) is 5.17. The Morgan fingerprint density at radius 2 is 1.88 bits per heavy atom. The number of methoxy groups -OCH3 is 1. The summed E-state index contributed by atoms with van der Waals surface area (Å²) in [6.07, 6.45) is 1.88. The van der Waals surface area contributed by atoms with E-state index < -0.39 is 0 Å². The van der Waals surface area contributed by atoms with Gasteiger partial charge in [-0.25, -0.2) is 0 Å². The molecule has 0 heterocycles. The number of ether oxygens (including phenoxy) is 1. The van der Waals surface area contributed by atoms with Gasteiger partial charge in [-0.3, -0.25) is 4.79 Å². The molecule has 0 spiro atoms. The standard InChI is InChI=1S/C14H12O3/c1-17-13-5-4-10-8-12(14(16)6-7-15)3-2-11(10)9-13/h2-9,15H,1H3. The third kappa shape index (κ3) is 2.28. The SMILES string of the molecule is COc1ccc2cc(C(=O)C=CO)ccc2c1. The monoisotopic (exact) mass is 228 g/mol. The number of aliphatic hydroxyl groups is 1. The van der Waals surface area contributed by atoms with Crippen LogP contribution in [-0.2, 0) is 0 Å². The van der Waals surface area contributed by atoms with Gasteiger partial charge in [0.15, 0.2) is 5.78 Å². The zero-order chi connectivity index (χ0) is 12.3. The van der Waals surface area contributed by atoms with Crippen LogP contribution in [0.25, 0.3) is 10.8 Å². The second-order valence-corrected chi connectivity index (χ2v) is 3.61. The average molecular weight is 228 g/mol. The number of hydrogen-bond acceptors (Lipinski definition) is 3. The number of aliphatic hydroxyl groups excluding tert-OH is 1. The van der Waals surface area contributed by atoms with Crippen LogP contribution in [0.15, 0.2) is 48.7 Å². The number of rotatable bonds is 3. The zero-order valence-corrected chi connectivity index (χ0v) is 9.38. The van der Waals surface area contributed by atoms with Crippen molar-refractivity contribution in [3.8, 4) is 5.75 Å². The summed E-state index contributed by atoms with van der Waals surface area (Å²) < 4.78 is 5.13. The fraction of sp³-hybridized carbons (Fsp3) is 0.0714. The fourth-order valence-electron chi connectivity index (χ4n) is 1.67. The van der Waals surface area contributed by atoms with Crippen LogP contribution in [0.4, 0.5) is 0 Å². The summed E-state index contributed by atoms with van der Waals surface area (Å²) in [4.78, 5) is 11.5. The predicted octanol–water partition coefficient (Wildman–Crippen LogP) is 3.10. The van der Waals surface area contributed by atoms with E-state index in [9.17, 15) is 4.79 Å². The van der Waals surface area contributed by atoms with Gasteiger partial charge in [-0.1, -0.05) is 18.2 Å². The third-order valence-electron chi connectivity index (χ3n) is 2.56. The fourth-order valence-corrected chi connectivity index (χ4v) is 1.67. The normalized spacial score (nSPS) is 10.9. The maximum atomic E-state index is 11.5. The molecular formula is C14H12O3. The van der Waals surface area contributed by atoms with Crippen molar-refractivity contribution < 1.29 is 14.6 Å². The molecule has 0 fully saturated rings. The van der Waals surface area contributed by atoms with Gasteiger partial charge in [0.05, 0.1) is 13.4 Å². The van der Waals surface area contributed by atoms with Crippen molar-refractivity contribution in [2.75, 3.05) is 7.11 Å². The lowest BCUT2D eigenvalue weighted by Gasteiger charge is -2.03. The molecule has 0 aliphatic rings. The van der Waals surface area contributed by atoms with Gasteiger partial charge < -0.3 is 9.84 Å². The highest BCUT2D eigenvalue weighted by Gasteiger charge is 2.03. The molecule has 86 valence electrons. The summed E-state index contributed by atoms with van der Waals surface area (Å²) in [6.45, 7) is 0. The number of benzene rings is 2. The quantitative estimate of drug-likeness (QED) is 0.499. The summed E-state index contributed by atoms with van der Waals surface area (Å²) in [7, 11) is 1.62. The molecule has 0 amide bonds. The molecule has 0 aliphatic carbocycles. The molecule has 3 nitrogen and oxygen atoms in total. The smallest absolute Gasteiger partial charge is 0.188 e. The highest BCUT2D eigenvalue weighted by Crippen LogP contribution is 2.22. The Balaban J connectivity index is 2.48. The van der Waals surface area contributed by atoms with Crippen LogP contribution in [0.1, 0.15) is 10.4 Å². The van der Waals surface area contributed by atoms with Crippen molar-refractivity contribution in [1.29, 1.82) is 0 Å². The van der Waals surface area contributed by atoms with Gasteiger partial charge in [-0.2, -0.15) is 0 Å². The second kappa shape index (κ2) is 4.70. The summed E-state index contributed by atoms with van der Waals surface area (Å²) in [5.41, 5.74) is 0.549. The Morgan fingerprint density at radius 1 is 1.18 bits per heavy atom. The zero-order valence-electron chi connectivity index (χ0n) is 9.38. The first-order chi connectivity index (χ1) is 8.24. The van der Waals surface area contributed by atoms with E-state index in [-0.39, 0.29) is 5.78 Å². The first-order valence-electron chi connectivity index (χ1n) is 5.17. The minimum atomic E-state index is -0.217. The number of hydrogen-bond donors (Lipinski definition) is 1. The molecule has 0 atom stereocenters. The Labute approximate surface area is 99.0 Å². The van der Waals surface area contributed by atoms with Gasteiger partial charge in [-0.15, -0.1) is 0 Å². The number of carbonyl (C=O) groups excluding carboxylic acids is 1. The highest BCUT2D eigenvalue weighted by atomic mass is 16.5. The van der Waals surface area contributed by atoms with Crippen LogP contribution in [0.2, 0.25) is 0 Å². The molecule has 17 heavy (non-hydrogen) atoms. The van der Waals surface area contributed by atoms with Gasteiger partial charge in [0, 0.05) is 11.6 Å². The molecular weight excluding hydrogens is 216 g/mol. The first kappa shape index (κ1) is 11.2. The third-order valence-corrected chi connectivity index (χ3v) is 2.56. The van der Waals surface area contributed by atoms with Crippen molar-refractivity contribution in [1.82, 2.24) is 0 Å². The lowest BCUT2D eigenvalue weighted by molar-refractivity contribution is 0.104. The van der Waals surface area contributed by atoms with Crippen LogP contribution < -0.4 is 4.74 Å². The molecule has 0 aromatic heterocycles. The van der Waals surface area contributed by atoms with E-state index in [1.165, 1.54) is 0 Å². The predicted molar refractivity (Wildman–Crippen MR) is 66.6 cm³/mol. The van der Waals surface area contributed by atoms with E-state index in [1.807, 2.05) is 24.3 Å². The molecule has 3 heteroatoms. The summed E-state index contributed by atoms with van der Waals surface area (Å²) in [6, 6.07) is 11.0. The van der Waals surface area contributed by atoms with Gasteiger partial charge in [-0.05, 0) is 29.0 Å². The van der Waals surface area contributed by atoms with Crippen LogP contribution in [0.3, 0.4) is 0 Å². The molecule has 0 saturated carbocycles. The lowest BCUT2D eigenvalue weighted by Crippen LogP contribution is -1.93. The molecule has 1 N–H and O–H groups in total. The largest absolute Gasteiger partial charge is 0.515 e. The minimum absolute atomic E-state index is 0.217. The van der Waals surface area contributed by atoms with E-state index in [0.29, 0.717) is 5.56 Å². The minimum Gasteiger partial charge on any atom is -0.515 e. The van der Waals surface area contributed by atoms with Crippen LogP contribution in [-0.4, -0.2) is 18.0 Å². The molecule has 0 radical (unpaired) electrons. The molecule has 0 saturated heterocycles. The Kier molecular flexibility index (Phi) is 3.10. The Hall–Kier alpha value is -2.29. The van der Waals surface area contributed by atoms with Crippen molar-refractivity contribution in [2.45, 2.75) is 0 Å². The summed E-state index contributed by atoms with van der Waals surface area (Å²) in [5, 5.41) is 10.5. The van der Waals surface area contributed by atoms with E-state index in [4.69, 9.17) is 9.84 Å². The van der Waals surface area contributed by atoms with Crippen molar-refractivity contribution in [2.24, 2.45) is 0 Å². The van der Waals surface area contributed by atoms with Gasteiger partial charge in [0.25, 0.3) is 0 Å². The van der Waals surface area contributed by atoms with Gasteiger partial charge >= 0.3 is 0 Å². The van der Waals surface area contributed by atoms with E-state index in [1.54, 1.807) is 19.2 Å².